The van der Waals surface area contributed by atoms with E-state index in [1.807, 2.05) is 32.6 Å². The number of carbonyl (C=O) groups is 1. The molecule has 0 aliphatic carbocycles. The molecule has 1 amide bonds. The molecule has 2 unspecified atom stereocenters. The summed E-state index contributed by atoms with van der Waals surface area (Å²) >= 11 is 0. The molecule has 0 aromatic heterocycles. The molecule has 1 aliphatic rings. The van der Waals surface area contributed by atoms with Crippen LogP contribution in [0.5, 0.6) is 0 Å². The molecule has 0 aromatic rings. The summed E-state index contributed by atoms with van der Waals surface area (Å²) in [6.07, 6.45) is 0.115. The van der Waals surface area contributed by atoms with Crippen LogP contribution in [0.2, 0.25) is 0 Å². The van der Waals surface area contributed by atoms with Crippen molar-refractivity contribution in [2.24, 2.45) is 11.7 Å². The predicted octanol–water partition coefficient (Wildman–Crippen LogP) is 0.605. The normalized spacial score (nSPS) is 29.3. The summed E-state index contributed by atoms with van der Waals surface area (Å²) in [7, 11) is 0. The van der Waals surface area contributed by atoms with Crippen molar-refractivity contribution in [3.8, 4) is 0 Å². The number of amides is 1. The van der Waals surface area contributed by atoms with Gasteiger partial charge >= 0.3 is 0 Å². The highest BCUT2D eigenvalue weighted by molar-refractivity contribution is 5.82. The predicted molar refractivity (Wildman–Crippen MR) is 59.4 cm³/mol. The van der Waals surface area contributed by atoms with E-state index in [-0.39, 0.29) is 24.0 Å². The Balaban J connectivity index is 2.64. The maximum Gasteiger partial charge on any atom is 0.240 e. The Morgan fingerprint density at radius 3 is 2.60 bits per heavy atom. The average Bonchev–Trinajstić information content (AvgIpc) is 2.19. The first kappa shape index (κ1) is 12.5. The molecule has 88 valence electrons. The first-order valence-electron chi connectivity index (χ1n) is 5.61. The first-order chi connectivity index (χ1) is 6.93. The van der Waals surface area contributed by atoms with Crippen molar-refractivity contribution in [3.05, 3.63) is 0 Å². The van der Waals surface area contributed by atoms with Gasteiger partial charge in [0.1, 0.15) is 0 Å². The molecule has 0 saturated carbocycles. The second-order valence-electron chi connectivity index (χ2n) is 4.75. The highest BCUT2D eigenvalue weighted by Gasteiger charge is 2.31. The molecule has 1 heterocycles. The molecule has 2 N–H and O–H groups in total. The van der Waals surface area contributed by atoms with Gasteiger partial charge in [-0.05, 0) is 19.8 Å². The molecular formula is C11H22N2O2. The molecule has 3 atom stereocenters. The van der Waals surface area contributed by atoms with Gasteiger partial charge in [0.15, 0.2) is 0 Å². The van der Waals surface area contributed by atoms with Gasteiger partial charge in [-0.2, -0.15) is 0 Å². The maximum absolute atomic E-state index is 12.0. The largest absolute Gasteiger partial charge is 0.375 e. The lowest BCUT2D eigenvalue weighted by molar-refractivity contribution is -0.145. The number of rotatable bonds is 2. The zero-order valence-corrected chi connectivity index (χ0v) is 10.1. The van der Waals surface area contributed by atoms with Crippen LogP contribution in [0.25, 0.3) is 0 Å². The molecule has 0 bridgehead atoms. The SMILES string of the molecule is CC1CN(C(=O)[C@H](N)C(C)C)C(C)CO1. The van der Waals surface area contributed by atoms with Crippen molar-refractivity contribution in [2.45, 2.75) is 45.9 Å². The Bertz CT molecular complexity index is 231. The smallest absolute Gasteiger partial charge is 0.240 e. The second kappa shape index (κ2) is 4.94. The van der Waals surface area contributed by atoms with Crippen molar-refractivity contribution in [1.82, 2.24) is 4.90 Å². The van der Waals surface area contributed by atoms with Gasteiger partial charge in [-0.1, -0.05) is 13.8 Å². The van der Waals surface area contributed by atoms with Crippen molar-refractivity contribution < 1.29 is 9.53 Å². The number of hydrogen-bond donors (Lipinski definition) is 1. The Morgan fingerprint density at radius 2 is 2.07 bits per heavy atom. The van der Waals surface area contributed by atoms with Gasteiger partial charge in [0.2, 0.25) is 5.91 Å². The fraction of sp³-hybridized carbons (Fsp3) is 0.909. The van der Waals surface area contributed by atoms with Crippen LogP contribution in [0.3, 0.4) is 0 Å². The summed E-state index contributed by atoms with van der Waals surface area (Å²) in [6.45, 7) is 9.18. The summed E-state index contributed by atoms with van der Waals surface area (Å²) in [5.41, 5.74) is 5.87. The number of nitrogens with zero attached hydrogens (tertiary/aromatic N) is 1. The molecule has 1 fully saturated rings. The maximum atomic E-state index is 12.0. The fourth-order valence-electron chi connectivity index (χ4n) is 1.69. The lowest BCUT2D eigenvalue weighted by Gasteiger charge is -2.38. The Kier molecular flexibility index (Phi) is 4.11. The molecular weight excluding hydrogens is 192 g/mol. The van der Waals surface area contributed by atoms with Gasteiger partial charge in [-0.25, -0.2) is 0 Å². The van der Waals surface area contributed by atoms with E-state index in [4.69, 9.17) is 10.5 Å². The molecule has 0 spiro atoms. The lowest BCUT2D eigenvalue weighted by Crippen LogP contribution is -2.56. The zero-order chi connectivity index (χ0) is 11.6. The van der Waals surface area contributed by atoms with Crippen molar-refractivity contribution in [2.75, 3.05) is 13.2 Å². The minimum atomic E-state index is -0.391. The van der Waals surface area contributed by atoms with Gasteiger partial charge in [0, 0.05) is 6.54 Å². The van der Waals surface area contributed by atoms with Crippen molar-refractivity contribution in [3.63, 3.8) is 0 Å². The van der Waals surface area contributed by atoms with Crippen LogP contribution in [0.15, 0.2) is 0 Å². The van der Waals surface area contributed by atoms with Crippen LogP contribution < -0.4 is 5.73 Å². The molecule has 4 heteroatoms. The summed E-state index contributed by atoms with van der Waals surface area (Å²) in [5, 5.41) is 0. The molecule has 1 rings (SSSR count). The Labute approximate surface area is 91.8 Å². The molecule has 0 aromatic carbocycles. The summed E-state index contributed by atoms with van der Waals surface area (Å²) in [5.74, 6) is 0.232. The van der Waals surface area contributed by atoms with Crippen LogP contribution in [0.1, 0.15) is 27.7 Å². The lowest BCUT2D eigenvalue weighted by atomic mass is 10.0. The third-order valence-corrected chi connectivity index (χ3v) is 2.89. The summed E-state index contributed by atoms with van der Waals surface area (Å²) in [6, 6.07) is -0.253. The monoisotopic (exact) mass is 214 g/mol. The molecule has 4 nitrogen and oxygen atoms in total. The van der Waals surface area contributed by atoms with Crippen LogP contribution in [-0.2, 0) is 9.53 Å². The van der Waals surface area contributed by atoms with Gasteiger partial charge < -0.3 is 15.4 Å². The summed E-state index contributed by atoms with van der Waals surface area (Å²) < 4.78 is 5.48. The van der Waals surface area contributed by atoms with Gasteiger partial charge in [-0.3, -0.25) is 4.79 Å². The van der Waals surface area contributed by atoms with E-state index in [9.17, 15) is 4.79 Å². The van der Waals surface area contributed by atoms with Crippen LogP contribution in [0, 0.1) is 5.92 Å². The minimum absolute atomic E-state index is 0.0488. The average molecular weight is 214 g/mol. The standard InChI is InChI=1S/C11H22N2O2/c1-7(2)10(12)11(14)13-5-9(4)15-6-8(13)3/h7-10H,5-6,12H2,1-4H3/t8?,9?,10-/m1/s1. The molecule has 1 aliphatic heterocycles. The number of morpholine rings is 1. The second-order valence-corrected chi connectivity index (χ2v) is 4.75. The third-order valence-electron chi connectivity index (χ3n) is 2.89. The van der Waals surface area contributed by atoms with E-state index in [0.717, 1.165) is 0 Å². The van der Waals surface area contributed by atoms with Crippen molar-refractivity contribution in [1.29, 1.82) is 0 Å². The number of nitrogens with two attached hydrogens (primary N) is 1. The van der Waals surface area contributed by atoms with Crippen molar-refractivity contribution >= 4 is 5.91 Å². The number of carbonyl (C=O) groups excluding carboxylic acids is 1. The van der Waals surface area contributed by atoms with E-state index in [2.05, 4.69) is 0 Å². The van der Waals surface area contributed by atoms with E-state index in [0.29, 0.717) is 13.2 Å². The Hall–Kier alpha value is -0.610. The zero-order valence-electron chi connectivity index (χ0n) is 10.1. The van der Waals surface area contributed by atoms with Crippen LogP contribution in [-0.4, -0.2) is 42.1 Å². The fourth-order valence-corrected chi connectivity index (χ4v) is 1.69. The Morgan fingerprint density at radius 1 is 1.47 bits per heavy atom. The molecule has 0 radical (unpaired) electrons. The quantitative estimate of drug-likeness (QED) is 0.732. The van der Waals surface area contributed by atoms with E-state index < -0.39 is 6.04 Å². The topological polar surface area (TPSA) is 55.6 Å². The van der Waals surface area contributed by atoms with Gasteiger partial charge in [0.05, 0.1) is 24.8 Å². The van der Waals surface area contributed by atoms with E-state index >= 15 is 0 Å². The minimum Gasteiger partial charge on any atom is -0.375 e. The third kappa shape index (κ3) is 2.92. The van der Waals surface area contributed by atoms with Crippen LogP contribution >= 0.6 is 0 Å². The summed E-state index contributed by atoms with van der Waals surface area (Å²) in [4.78, 5) is 13.9. The van der Waals surface area contributed by atoms with E-state index in [1.54, 1.807) is 0 Å². The van der Waals surface area contributed by atoms with Gasteiger partial charge in [0.25, 0.3) is 0 Å². The highest BCUT2D eigenvalue weighted by Crippen LogP contribution is 2.14. The highest BCUT2D eigenvalue weighted by atomic mass is 16.5. The molecule has 15 heavy (non-hydrogen) atoms. The number of ether oxygens (including phenoxy) is 1. The van der Waals surface area contributed by atoms with Crippen LogP contribution in [0.4, 0.5) is 0 Å². The molecule has 1 saturated heterocycles. The number of hydrogen-bond acceptors (Lipinski definition) is 3. The van der Waals surface area contributed by atoms with E-state index in [1.165, 1.54) is 0 Å². The van der Waals surface area contributed by atoms with Gasteiger partial charge in [-0.15, -0.1) is 0 Å². The first-order valence-corrected chi connectivity index (χ1v) is 5.61.